The van der Waals surface area contributed by atoms with Crippen molar-refractivity contribution in [1.29, 1.82) is 0 Å². The second kappa shape index (κ2) is 6.55. The van der Waals surface area contributed by atoms with Crippen LogP contribution in [0.5, 0.6) is 0 Å². The quantitative estimate of drug-likeness (QED) is 0.443. The molecule has 0 bridgehead atoms. The van der Waals surface area contributed by atoms with Crippen LogP contribution in [0.2, 0.25) is 9.36 Å². The van der Waals surface area contributed by atoms with Gasteiger partial charge in [0.25, 0.3) is 0 Å². The first-order valence-electron chi connectivity index (χ1n) is 6.28. The van der Waals surface area contributed by atoms with Crippen molar-refractivity contribution < 1.29 is 18.0 Å². The summed E-state index contributed by atoms with van der Waals surface area (Å²) in [7, 11) is 0. The van der Waals surface area contributed by atoms with E-state index in [4.69, 9.17) is 23.2 Å². The topological polar surface area (TPSA) is 47.3 Å². The van der Waals surface area contributed by atoms with E-state index in [2.05, 4.69) is 10.2 Å². The standard InChI is InChI=1S/C13H6Cl2F3N3OS2/c14-7-3-6(13(16,17)18)4-21-11(7)19-20-12(21)23-5-8(22)9-1-2-10(15)24-9/h1-4H,5H2. The number of carbonyl (C=O) groups excluding carboxylic acids is 1. The number of Topliss-reactive ketones (excluding diaryl/α,β-unsaturated/α-hetero) is 1. The lowest BCUT2D eigenvalue weighted by Crippen LogP contribution is -2.07. The predicted octanol–water partition coefficient (Wildman–Crippen LogP) is 5.09. The summed E-state index contributed by atoms with van der Waals surface area (Å²) >= 11 is 13.7. The van der Waals surface area contributed by atoms with Crippen LogP contribution in [0.3, 0.4) is 0 Å². The number of alkyl halides is 3. The number of pyridine rings is 1. The number of aromatic nitrogens is 3. The Hall–Kier alpha value is -1.29. The minimum absolute atomic E-state index is 0.00843. The number of hydrogen-bond donors (Lipinski definition) is 0. The highest BCUT2D eigenvalue weighted by molar-refractivity contribution is 7.99. The molecular formula is C13H6Cl2F3N3OS2. The SMILES string of the molecule is O=C(CSc1nnc2c(Cl)cc(C(F)(F)F)cn12)c1ccc(Cl)s1. The zero-order chi connectivity index (χ0) is 17.5. The van der Waals surface area contributed by atoms with Crippen molar-refractivity contribution in [3.05, 3.63) is 44.2 Å². The van der Waals surface area contributed by atoms with Crippen LogP contribution in [-0.4, -0.2) is 26.1 Å². The van der Waals surface area contributed by atoms with E-state index in [0.29, 0.717) is 9.21 Å². The number of ketones is 1. The summed E-state index contributed by atoms with van der Waals surface area (Å²) in [5.41, 5.74) is -0.822. The van der Waals surface area contributed by atoms with Gasteiger partial charge in [0.05, 0.1) is 25.6 Å². The van der Waals surface area contributed by atoms with Crippen LogP contribution in [0.1, 0.15) is 15.2 Å². The lowest BCUT2D eigenvalue weighted by atomic mass is 10.3. The number of thioether (sulfide) groups is 1. The number of halogens is 5. The Labute approximate surface area is 151 Å². The van der Waals surface area contributed by atoms with E-state index in [1.54, 1.807) is 12.1 Å². The van der Waals surface area contributed by atoms with Crippen molar-refractivity contribution in [3.8, 4) is 0 Å². The van der Waals surface area contributed by atoms with Crippen molar-refractivity contribution in [3.63, 3.8) is 0 Å². The van der Waals surface area contributed by atoms with Gasteiger partial charge in [-0.2, -0.15) is 13.2 Å². The Bertz CT molecular complexity index is 923. The maximum Gasteiger partial charge on any atom is 0.417 e. The third-order valence-electron chi connectivity index (χ3n) is 2.94. The molecule has 0 unspecified atom stereocenters. The van der Waals surface area contributed by atoms with Crippen LogP contribution in [0, 0.1) is 0 Å². The molecule has 0 amide bonds. The third kappa shape index (κ3) is 3.53. The molecule has 0 aliphatic rings. The average Bonchev–Trinajstić information content (AvgIpc) is 3.10. The van der Waals surface area contributed by atoms with Gasteiger partial charge in [0.15, 0.2) is 16.6 Å². The van der Waals surface area contributed by atoms with Gasteiger partial charge in [0.1, 0.15) is 0 Å². The molecule has 0 saturated heterocycles. The molecule has 3 heterocycles. The summed E-state index contributed by atoms with van der Waals surface area (Å²) in [5.74, 6) is -0.211. The Morgan fingerprint density at radius 2 is 2.04 bits per heavy atom. The summed E-state index contributed by atoms with van der Waals surface area (Å²) in [6.07, 6.45) is -3.69. The molecular weight excluding hydrogens is 406 g/mol. The highest BCUT2D eigenvalue weighted by atomic mass is 35.5. The molecule has 0 aliphatic carbocycles. The fourth-order valence-electron chi connectivity index (χ4n) is 1.85. The Morgan fingerprint density at radius 3 is 2.67 bits per heavy atom. The summed E-state index contributed by atoms with van der Waals surface area (Å²) in [6, 6.07) is 3.99. The zero-order valence-electron chi connectivity index (χ0n) is 11.5. The first kappa shape index (κ1) is 17.5. The molecule has 24 heavy (non-hydrogen) atoms. The number of carbonyl (C=O) groups is 1. The summed E-state index contributed by atoms with van der Waals surface area (Å²) in [5, 5.41) is 7.54. The summed E-state index contributed by atoms with van der Waals surface area (Å²) in [4.78, 5) is 12.5. The summed E-state index contributed by atoms with van der Waals surface area (Å²) in [6.45, 7) is 0. The maximum absolute atomic E-state index is 12.9. The highest BCUT2D eigenvalue weighted by Gasteiger charge is 2.32. The van der Waals surface area contributed by atoms with Crippen LogP contribution < -0.4 is 0 Å². The molecule has 0 aliphatic heterocycles. The number of hydrogen-bond acceptors (Lipinski definition) is 5. The van der Waals surface area contributed by atoms with Gasteiger partial charge in [-0.3, -0.25) is 9.20 Å². The van der Waals surface area contributed by atoms with Gasteiger partial charge in [-0.1, -0.05) is 35.0 Å². The lowest BCUT2D eigenvalue weighted by molar-refractivity contribution is -0.137. The van der Waals surface area contributed by atoms with E-state index in [1.165, 1.54) is 0 Å². The lowest BCUT2D eigenvalue weighted by Gasteiger charge is -2.08. The molecule has 4 nitrogen and oxygen atoms in total. The first-order valence-corrected chi connectivity index (χ1v) is 8.84. The van der Waals surface area contributed by atoms with Gasteiger partial charge in [0.2, 0.25) is 0 Å². The van der Waals surface area contributed by atoms with Crippen LogP contribution >= 0.6 is 46.3 Å². The number of rotatable bonds is 4. The molecule has 0 fully saturated rings. The molecule has 0 spiro atoms. The monoisotopic (exact) mass is 411 g/mol. The molecule has 126 valence electrons. The van der Waals surface area contributed by atoms with Gasteiger partial charge in [0, 0.05) is 6.20 Å². The van der Waals surface area contributed by atoms with Gasteiger partial charge < -0.3 is 0 Å². The molecule has 3 aromatic rings. The molecule has 0 atom stereocenters. The van der Waals surface area contributed by atoms with Crippen LogP contribution in [0.15, 0.2) is 29.6 Å². The number of nitrogens with zero attached hydrogens (tertiary/aromatic N) is 3. The van der Waals surface area contributed by atoms with Crippen molar-refractivity contribution in [2.45, 2.75) is 11.3 Å². The third-order valence-corrected chi connectivity index (χ3v) is 5.43. The number of thiophene rings is 1. The number of fused-ring (bicyclic) bond motifs is 1. The van der Waals surface area contributed by atoms with Crippen molar-refractivity contribution in [1.82, 2.24) is 14.6 Å². The van der Waals surface area contributed by atoms with E-state index in [1.807, 2.05) is 0 Å². The second-order valence-electron chi connectivity index (χ2n) is 4.57. The van der Waals surface area contributed by atoms with Gasteiger partial charge in [-0.25, -0.2) is 0 Å². The van der Waals surface area contributed by atoms with E-state index in [0.717, 1.165) is 39.8 Å². The molecule has 3 rings (SSSR count). The van der Waals surface area contributed by atoms with E-state index in [9.17, 15) is 18.0 Å². The van der Waals surface area contributed by atoms with Gasteiger partial charge in [-0.05, 0) is 18.2 Å². The molecule has 0 N–H and O–H groups in total. The molecule has 3 aromatic heterocycles. The molecule has 0 saturated carbocycles. The average molecular weight is 412 g/mol. The maximum atomic E-state index is 12.9. The van der Waals surface area contributed by atoms with E-state index >= 15 is 0 Å². The Morgan fingerprint density at radius 1 is 1.29 bits per heavy atom. The Kier molecular flexibility index (Phi) is 4.78. The van der Waals surface area contributed by atoms with Crippen molar-refractivity contribution in [2.24, 2.45) is 0 Å². The van der Waals surface area contributed by atoms with Crippen LogP contribution in [0.25, 0.3) is 5.65 Å². The fourth-order valence-corrected chi connectivity index (χ4v) is 3.96. The summed E-state index contributed by atoms with van der Waals surface area (Å²) < 4.78 is 40.3. The van der Waals surface area contributed by atoms with E-state index < -0.39 is 11.7 Å². The van der Waals surface area contributed by atoms with Gasteiger partial charge in [-0.15, -0.1) is 21.5 Å². The molecule has 0 radical (unpaired) electrons. The first-order chi connectivity index (χ1) is 11.3. The zero-order valence-corrected chi connectivity index (χ0v) is 14.6. The second-order valence-corrected chi connectivity index (χ2v) is 7.63. The Balaban J connectivity index is 1.87. The largest absolute Gasteiger partial charge is 0.417 e. The van der Waals surface area contributed by atoms with Crippen molar-refractivity contribution >= 4 is 57.7 Å². The van der Waals surface area contributed by atoms with Crippen molar-refractivity contribution in [2.75, 3.05) is 5.75 Å². The predicted molar refractivity (Wildman–Crippen MR) is 87.4 cm³/mol. The normalized spacial score (nSPS) is 12.0. The fraction of sp³-hybridized carbons (Fsp3) is 0.154. The van der Waals surface area contributed by atoms with Crippen LogP contribution in [-0.2, 0) is 6.18 Å². The molecule has 0 aromatic carbocycles. The van der Waals surface area contributed by atoms with Crippen LogP contribution in [0.4, 0.5) is 13.2 Å². The minimum atomic E-state index is -4.55. The van der Waals surface area contributed by atoms with Gasteiger partial charge >= 0.3 is 6.18 Å². The minimum Gasteiger partial charge on any atom is -0.292 e. The molecule has 11 heteroatoms. The van der Waals surface area contributed by atoms with E-state index in [-0.39, 0.29) is 27.4 Å². The smallest absolute Gasteiger partial charge is 0.292 e. The highest BCUT2D eigenvalue weighted by Crippen LogP contribution is 2.33.